The predicted octanol–water partition coefficient (Wildman–Crippen LogP) is 3.82. The van der Waals surface area contributed by atoms with Gasteiger partial charge in [0.25, 0.3) is 0 Å². The highest BCUT2D eigenvalue weighted by molar-refractivity contribution is 4.73. The lowest BCUT2D eigenvalue weighted by Gasteiger charge is -2.32. The fourth-order valence-electron chi connectivity index (χ4n) is 2.95. The molecule has 21 heavy (non-hydrogen) atoms. The smallest absolute Gasteiger partial charge is 0.0701 e. The second-order valence-electron chi connectivity index (χ2n) is 7.32. The van der Waals surface area contributed by atoms with Crippen molar-refractivity contribution in [3.8, 4) is 0 Å². The van der Waals surface area contributed by atoms with Crippen LogP contribution in [0.25, 0.3) is 0 Å². The zero-order valence-electron chi connectivity index (χ0n) is 14.8. The van der Waals surface area contributed by atoms with Crippen molar-refractivity contribution in [3.05, 3.63) is 0 Å². The van der Waals surface area contributed by atoms with Crippen molar-refractivity contribution >= 4 is 0 Å². The van der Waals surface area contributed by atoms with Gasteiger partial charge in [0.05, 0.1) is 19.8 Å². The molecule has 0 aromatic rings. The van der Waals surface area contributed by atoms with Crippen LogP contribution in [0.2, 0.25) is 0 Å². The maximum absolute atomic E-state index is 5.67. The molecule has 0 unspecified atom stereocenters. The Hall–Kier alpha value is -0.120. The van der Waals surface area contributed by atoms with Crippen LogP contribution in [0, 0.1) is 17.8 Å². The van der Waals surface area contributed by atoms with E-state index in [1.54, 1.807) is 0 Å². The van der Waals surface area contributed by atoms with Crippen molar-refractivity contribution in [1.82, 2.24) is 4.90 Å². The summed E-state index contributed by atoms with van der Waals surface area (Å²) in [5.41, 5.74) is 0. The van der Waals surface area contributed by atoms with Crippen molar-refractivity contribution in [2.75, 3.05) is 46.1 Å². The van der Waals surface area contributed by atoms with Crippen molar-refractivity contribution in [1.29, 1.82) is 0 Å². The van der Waals surface area contributed by atoms with Gasteiger partial charge in [-0.25, -0.2) is 0 Å². The van der Waals surface area contributed by atoms with Crippen molar-refractivity contribution in [2.45, 2.75) is 53.4 Å². The van der Waals surface area contributed by atoms with Gasteiger partial charge in [0.15, 0.2) is 0 Å². The number of nitrogens with zero attached hydrogens (tertiary/aromatic N) is 1. The van der Waals surface area contributed by atoms with E-state index in [0.29, 0.717) is 0 Å². The van der Waals surface area contributed by atoms with Gasteiger partial charge in [-0.2, -0.15) is 0 Å². The van der Waals surface area contributed by atoms with E-state index in [-0.39, 0.29) is 0 Å². The first-order valence-corrected chi connectivity index (χ1v) is 8.95. The summed E-state index contributed by atoms with van der Waals surface area (Å²) in [6, 6.07) is 0. The van der Waals surface area contributed by atoms with Gasteiger partial charge >= 0.3 is 0 Å². The van der Waals surface area contributed by atoms with E-state index in [1.807, 2.05) is 0 Å². The molecule has 0 saturated carbocycles. The van der Waals surface area contributed by atoms with Gasteiger partial charge in [-0.15, -0.1) is 0 Å². The van der Waals surface area contributed by atoms with E-state index < -0.39 is 0 Å². The lowest BCUT2D eigenvalue weighted by molar-refractivity contribution is 0.0314. The Kier molecular flexibility index (Phi) is 10.3. The summed E-state index contributed by atoms with van der Waals surface area (Å²) in [6.45, 7) is 15.9. The standard InChI is InChI=1S/C18H37NO2/c1-16(2)7-11-20-13-14-21-12-10-19-8-5-18(6-9-19)15-17(3)4/h16-18H,5-15H2,1-4H3. The first-order valence-electron chi connectivity index (χ1n) is 8.95. The lowest BCUT2D eigenvalue weighted by atomic mass is 9.89. The molecule has 1 heterocycles. The normalized spacial score (nSPS) is 18.0. The summed E-state index contributed by atoms with van der Waals surface area (Å²) < 4.78 is 11.2. The summed E-state index contributed by atoms with van der Waals surface area (Å²) >= 11 is 0. The van der Waals surface area contributed by atoms with E-state index in [1.165, 1.54) is 32.4 Å². The molecule has 0 radical (unpaired) electrons. The van der Waals surface area contributed by atoms with Crippen molar-refractivity contribution in [3.63, 3.8) is 0 Å². The molecule has 3 nitrogen and oxygen atoms in total. The molecule has 1 fully saturated rings. The Bertz CT molecular complexity index is 235. The Balaban J connectivity index is 1.88. The largest absolute Gasteiger partial charge is 0.379 e. The molecule has 0 amide bonds. The van der Waals surface area contributed by atoms with Crippen LogP contribution in [0.5, 0.6) is 0 Å². The summed E-state index contributed by atoms with van der Waals surface area (Å²) in [5.74, 6) is 2.53. The summed E-state index contributed by atoms with van der Waals surface area (Å²) in [7, 11) is 0. The third kappa shape index (κ3) is 10.3. The second-order valence-corrected chi connectivity index (χ2v) is 7.32. The molecule has 1 aliphatic rings. The zero-order valence-corrected chi connectivity index (χ0v) is 14.8. The van der Waals surface area contributed by atoms with E-state index >= 15 is 0 Å². The summed E-state index contributed by atoms with van der Waals surface area (Å²) in [4.78, 5) is 2.55. The Morgan fingerprint density at radius 3 is 2.05 bits per heavy atom. The van der Waals surface area contributed by atoms with Gasteiger partial charge in [0.2, 0.25) is 0 Å². The SMILES string of the molecule is CC(C)CCOCCOCCN1CCC(CC(C)C)CC1. The molecule has 0 N–H and O–H groups in total. The Morgan fingerprint density at radius 1 is 0.857 bits per heavy atom. The number of ether oxygens (including phenoxy) is 2. The van der Waals surface area contributed by atoms with Crippen LogP contribution in [0.4, 0.5) is 0 Å². The van der Waals surface area contributed by atoms with E-state index in [4.69, 9.17) is 9.47 Å². The predicted molar refractivity (Wildman–Crippen MR) is 89.7 cm³/mol. The highest BCUT2D eigenvalue weighted by Crippen LogP contribution is 2.23. The third-order valence-corrected chi connectivity index (χ3v) is 4.28. The first-order chi connectivity index (χ1) is 10.1. The molecular formula is C18H37NO2. The van der Waals surface area contributed by atoms with Gasteiger partial charge in [0.1, 0.15) is 0 Å². The topological polar surface area (TPSA) is 21.7 Å². The van der Waals surface area contributed by atoms with Crippen LogP contribution in [0.3, 0.4) is 0 Å². The number of likely N-dealkylation sites (tertiary alicyclic amines) is 1. The molecule has 126 valence electrons. The molecule has 1 aliphatic heterocycles. The minimum absolute atomic E-state index is 0.726. The van der Waals surface area contributed by atoms with Crippen molar-refractivity contribution < 1.29 is 9.47 Å². The van der Waals surface area contributed by atoms with Crippen LogP contribution in [-0.4, -0.2) is 51.0 Å². The number of piperidine rings is 1. The summed E-state index contributed by atoms with van der Waals surface area (Å²) in [5, 5.41) is 0. The zero-order chi connectivity index (χ0) is 15.5. The maximum atomic E-state index is 5.67. The van der Waals surface area contributed by atoms with E-state index in [0.717, 1.165) is 57.1 Å². The average molecular weight is 299 g/mol. The summed E-state index contributed by atoms with van der Waals surface area (Å²) in [6.07, 6.45) is 5.29. The number of hydrogen-bond donors (Lipinski definition) is 0. The number of rotatable bonds is 11. The molecule has 0 bridgehead atoms. The monoisotopic (exact) mass is 299 g/mol. The van der Waals surface area contributed by atoms with Gasteiger partial charge in [-0.3, -0.25) is 0 Å². The first kappa shape index (κ1) is 18.9. The Morgan fingerprint density at radius 2 is 1.48 bits per heavy atom. The number of hydrogen-bond acceptors (Lipinski definition) is 3. The minimum atomic E-state index is 0.726. The van der Waals surface area contributed by atoms with E-state index in [2.05, 4.69) is 32.6 Å². The van der Waals surface area contributed by atoms with Gasteiger partial charge in [-0.1, -0.05) is 27.7 Å². The molecule has 1 rings (SSSR count). The molecular weight excluding hydrogens is 262 g/mol. The molecule has 1 saturated heterocycles. The van der Waals surface area contributed by atoms with Gasteiger partial charge in [-0.05, 0) is 56.5 Å². The fraction of sp³-hybridized carbons (Fsp3) is 1.00. The quantitative estimate of drug-likeness (QED) is 0.541. The highest BCUT2D eigenvalue weighted by Gasteiger charge is 2.19. The molecule has 0 atom stereocenters. The van der Waals surface area contributed by atoms with E-state index in [9.17, 15) is 0 Å². The van der Waals surface area contributed by atoms with Crippen molar-refractivity contribution in [2.24, 2.45) is 17.8 Å². The molecule has 3 heteroatoms. The van der Waals surface area contributed by atoms with Crippen LogP contribution in [-0.2, 0) is 9.47 Å². The van der Waals surface area contributed by atoms with Gasteiger partial charge < -0.3 is 14.4 Å². The van der Waals surface area contributed by atoms with Crippen LogP contribution in [0.1, 0.15) is 53.4 Å². The lowest BCUT2D eigenvalue weighted by Crippen LogP contribution is -2.36. The molecule has 0 aromatic heterocycles. The highest BCUT2D eigenvalue weighted by atomic mass is 16.5. The maximum Gasteiger partial charge on any atom is 0.0701 e. The van der Waals surface area contributed by atoms with Gasteiger partial charge in [0, 0.05) is 13.2 Å². The van der Waals surface area contributed by atoms with Crippen LogP contribution >= 0.6 is 0 Å². The van der Waals surface area contributed by atoms with Crippen LogP contribution < -0.4 is 0 Å². The fourth-order valence-corrected chi connectivity index (χ4v) is 2.95. The average Bonchev–Trinajstić information content (AvgIpc) is 2.42. The molecule has 0 aliphatic carbocycles. The Labute approximate surface area is 132 Å². The third-order valence-electron chi connectivity index (χ3n) is 4.28. The molecule has 0 aromatic carbocycles. The molecule has 0 spiro atoms. The minimum Gasteiger partial charge on any atom is -0.379 e. The van der Waals surface area contributed by atoms with Crippen LogP contribution in [0.15, 0.2) is 0 Å². The second kappa shape index (κ2) is 11.4.